The highest BCUT2D eigenvalue weighted by atomic mass is 16.5. The largest absolute Gasteiger partial charge is 0.368 e. The highest BCUT2D eigenvalue weighted by Crippen LogP contribution is 2.21. The van der Waals surface area contributed by atoms with Crippen LogP contribution in [0, 0.1) is 13.8 Å². The highest BCUT2D eigenvalue weighted by Gasteiger charge is 2.24. The molecule has 1 N–H and O–H groups in total. The molecule has 1 amide bonds. The number of carbonyl (C=O) groups excluding carboxylic acids is 1. The third kappa shape index (κ3) is 2.25. The Hall–Kier alpha value is -1.35. The Balaban J connectivity index is 2.11. The molecule has 1 saturated heterocycles. The summed E-state index contributed by atoms with van der Waals surface area (Å²) < 4.78 is 5.35. The molecule has 0 spiro atoms. The number of aryl methyl sites for hydroxylation is 2. The van der Waals surface area contributed by atoms with E-state index in [1.165, 1.54) is 0 Å². The van der Waals surface area contributed by atoms with Crippen LogP contribution in [0.3, 0.4) is 0 Å². The molecule has 0 unspecified atom stereocenters. The average Bonchev–Trinajstić information content (AvgIpc) is 2.76. The summed E-state index contributed by atoms with van der Waals surface area (Å²) in [5, 5.41) is 2.96. The molecule has 1 heterocycles. The van der Waals surface area contributed by atoms with Crippen molar-refractivity contribution in [2.75, 3.05) is 11.9 Å². The zero-order valence-corrected chi connectivity index (χ0v) is 9.75. The molecule has 86 valence electrons. The van der Waals surface area contributed by atoms with E-state index in [-0.39, 0.29) is 12.0 Å². The highest BCUT2D eigenvalue weighted by molar-refractivity contribution is 5.95. The zero-order valence-electron chi connectivity index (χ0n) is 9.75. The van der Waals surface area contributed by atoms with Crippen molar-refractivity contribution in [1.29, 1.82) is 0 Å². The van der Waals surface area contributed by atoms with Crippen LogP contribution in [0.2, 0.25) is 0 Å². The molecule has 0 saturated carbocycles. The lowest BCUT2D eigenvalue weighted by molar-refractivity contribution is -0.124. The van der Waals surface area contributed by atoms with Gasteiger partial charge in [0.1, 0.15) is 6.10 Å². The van der Waals surface area contributed by atoms with Crippen LogP contribution in [0.5, 0.6) is 0 Å². The SMILES string of the molecule is Cc1cccc(C)c1NC(=O)[C@H]1CCCO1. The first kappa shape index (κ1) is 11.1. The second kappa shape index (κ2) is 4.66. The first-order chi connectivity index (χ1) is 7.68. The minimum Gasteiger partial charge on any atom is -0.368 e. The van der Waals surface area contributed by atoms with Crippen molar-refractivity contribution in [3.8, 4) is 0 Å². The van der Waals surface area contributed by atoms with Crippen molar-refractivity contribution < 1.29 is 9.53 Å². The van der Waals surface area contributed by atoms with E-state index in [0.29, 0.717) is 6.61 Å². The van der Waals surface area contributed by atoms with Crippen molar-refractivity contribution >= 4 is 11.6 Å². The molecule has 1 aromatic carbocycles. The molecule has 0 aromatic heterocycles. The van der Waals surface area contributed by atoms with Gasteiger partial charge in [0.25, 0.3) is 5.91 Å². The van der Waals surface area contributed by atoms with Crippen LogP contribution in [0.1, 0.15) is 24.0 Å². The van der Waals surface area contributed by atoms with Gasteiger partial charge in [-0.3, -0.25) is 4.79 Å². The van der Waals surface area contributed by atoms with Gasteiger partial charge in [-0.15, -0.1) is 0 Å². The summed E-state index contributed by atoms with van der Waals surface area (Å²) in [5.74, 6) is -0.0186. The van der Waals surface area contributed by atoms with Gasteiger partial charge >= 0.3 is 0 Å². The number of para-hydroxylation sites is 1. The quantitative estimate of drug-likeness (QED) is 0.829. The van der Waals surface area contributed by atoms with Gasteiger partial charge in [0.05, 0.1) is 0 Å². The lowest BCUT2D eigenvalue weighted by atomic mass is 10.1. The number of nitrogens with one attached hydrogen (secondary N) is 1. The van der Waals surface area contributed by atoms with Gasteiger partial charge < -0.3 is 10.1 Å². The fourth-order valence-electron chi connectivity index (χ4n) is 2.00. The Bertz CT molecular complexity index is 375. The fraction of sp³-hybridized carbons (Fsp3) is 0.462. The van der Waals surface area contributed by atoms with Crippen molar-refractivity contribution in [1.82, 2.24) is 0 Å². The maximum Gasteiger partial charge on any atom is 0.253 e. The predicted octanol–water partition coefficient (Wildman–Crippen LogP) is 2.42. The Kier molecular flexibility index (Phi) is 3.25. The molecule has 0 bridgehead atoms. The second-order valence-electron chi connectivity index (χ2n) is 4.26. The van der Waals surface area contributed by atoms with E-state index < -0.39 is 0 Å². The van der Waals surface area contributed by atoms with E-state index in [0.717, 1.165) is 29.7 Å². The molecule has 1 atom stereocenters. The van der Waals surface area contributed by atoms with Gasteiger partial charge in [-0.1, -0.05) is 18.2 Å². The second-order valence-corrected chi connectivity index (χ2v) is 4.26. The van der Waals surface area contributed by atoms with Gasteiger partial charge in [-0.05, 0) is 37.8 Å². The lowest BCUT2D eigenvalue weighted by Crippen LogP contribution is -2.27. The molecule has 16 heavy (non-hydrogen) atoms. The van der Waals surface area contributed by atoms with Gasteiger partial charge in [0.2, 0.25) is 0 Å². The Morgan fingerprint density at radius 1 is 1.38 bits per heavy atom. The smallest absolute Gasteiger partial charge is 0.253 e. The first-order valence-electron chi connectivity index (χ1n) is 5.67. The average molecular weight is 219 g/mol. The Labute approximate surface area is 95.8 Å². The van der Waals surface area contributed by atoms with Gasteiger partial charge in [-0.2, -0.15) is 0 Å². The van der Waals surface area contributed by atoms with E-state index in [1.807, 2.05) is 32.0 Å². The van der Waals surface area contributed by atoms with Crippen LogP contribution in [0.15, 0.2) is 18.2 Å². The van der Waals surface area contributed by atoms with Crippen LogP contribution in [-0.2, 0) is 9.53 Å². The summed E-state index contributed by atoms with van der Waals surface area (Å²) in [4.78, 5) is 11.9. The van der Waals surface area contributed by atoms with E-state index in [4.69, 9.17) is 4.74 Å². The number of ether oxygens (including phenoxy) is 1. The van der Waals surface area contributed by atoms with Crippen molar-refractivity contribution in [3.05, 3.63) is 29.3 Å². The molecular formula is C13H17NO2. The minimum absolute atomic E-state index is 0.0186. The topological polar surface area (TPSA) is 38.3 Å². The van der Waals surface area contributed by atoms with Crippen LogP contribution >= 0.6 is 0 Å². The molecular weight excluding hydrogens is 202 g/mol. The van der Waals surface area contributed by atoms with Crippen molar-refractivity contribution in [2.45, 2.75) is 32.8 Å². The maximum atomic E-state index is 11.9. The number of anilines is 1. The van der Waals surface area contributed by atoms with E-state index >= 15 is 0 Å². The normalized spacial score (nSPS) is 19.8. The van der Waals surface area contributed by atoms with E-state index in [2.05, 4.69) is 5.32 Å². The zero-order chi connectivity index (χ0) is 11.5. The van der Waals surface area contributed by atoms with Crippen molar-refractivity contribution in [3.63, 3.8) is 0 Å². The minimum atomic E-state index is -0.265. The van der Waals surface area contributed by atoms with Gasteiger partial charge in [0.15, 0.2) is 0 Å². The third-order valence-corrected chi connectivity index (χ3v) is 2.95. The number of hydrogen-bond acceptors (Lipinski definition) is 2. The molecule has 0 radical (unpaired) electrons. The van der Waals surface area contributed by atoms with Crippen LogP contribution in [0.25, 0.3) is 0 Å². The summed E-state index contributed by atoms with van der Waals surface area (Å²) >= 11 is 0. The number of carbonyl (C=O) groups is 1. The lowest BCUT2D eigenvalue weighted by Gasteiger charge is -2.14. The Morgan fingerprint density at radius 2 is 2.06 bits per heavy atom. The van der Waals surface area contributed by atoms with Crippen molar-refractivity contribution in [2.24, 2.45) is 0 Å². The Morgan fingerprint density at radius 3 is 2.62 bits per heavy atom. The summed E-state index contributed by atoms with van der Waals surface area (Å²) in [6, 6.07) is 5.99. The molecule has 0 aliphatic carbocycles. The number of benzene rings is 1. The van der Waals surface area contributed by atoms with Crippen LogP contribution in [0.4, 0.5) is 5.69 Å². The number of hydrogen-bond donors (Lipinski definition) is 1. The summed E-state index contributed by atoms with van der Waals surface area (Å²) in [5.41, 5.74) is 3.10. The maximum absolute atomic E-state index is 11.9. The molecule has 3 heteroatoms. The van der Waals surface area contributed by atoms with E-state index in [1.54, 1.807) is 0 Å². The molecule has 3 nitrogen and oxygen atoms in total. The van der Waals surface area contributed by atoms with Crippen LogP contribution < -0.4 is 5.32 Å². The molecule has 1 fully saturated rings. The molecule has 2 rings (SSSR count). The number of rotatable bonds is 2. The number of amides is 1. The van der Waals surface area contributed by atoms with Crippen LogP contribution in [-0.4, -0.2) is 18.6 Å². The molecule has 1 aromatic rings. The summed E-state index contributed by atoms with van der Waals surface area (Å²) in [7, 11) is 0. The predicted molar refractivity (Wildman–Crippen MR) is 63.5 cm³/mol. The van der Waals surface area contributed by atoms with E-state index in [9.17, 15) is 4.79 Å². The summed E-state index contributed by atoms with van der Waals surface area (Å²) in [6.45, 7) is 4.70. The fourth-order valence-corrected chi connectivity index (χ4v) is 2.00. The standard InChI is InChI=1S/C13H17NO2/c1-9-5-3-6-10(2)12(9)14-13(15)11-7-4-8-16-11/h3,5-6,11H,4,7-8H2,1-2H3,(H,14,15)/t11-/m1/s1. The monoisotopic (exact) mass is 219 g/mol. The molecule has 1 aliphatic rings. The first-order valence-corrected chi connectivity index (χ1v) is 5.67. The van der Waals surface area contributed by atoms with Gasteiger partial charge in [-0.25, -0.2) is 0 Å². The summed E-state index contributed by atoms with van der Waals surface area (Å²) in [6.07, 6.45) is 1.54. The molecule has 1 aliphatic heterocycles. The third-order valence-electron chi connectivity index (χ3n) is 2.95. The van der Waals surface area contributed by atoms with Gasteiger partial charge in [0, 0.05) is 12.3 Å².